The number of ether oxygens (including phenoxy) is 1. The van der Waals surface area contributed by atoms with E-state index in [2.05, 4.69) is 0 Å². The van der Waals surface area contributed by atoms with Crippen LogP contribution in [0.5, 0.6) is 0 Å². The SMILES string of the molecule is COCC1CN(c2ccc(C#N)c(C(F)(F)F)c2)CC12CCN(C(=O)C1CCCCC1)CC2. The molecule has 1 spiro atoms. The van der Waals surface area contributed by atoms with Crippen molar-refractivity contribution in [2.75, 3.05) is 44.8 Å². The summed E-state index contributed by atoms with van der Waals surface area (Å²) in [6.07, 6.45) is 2.54. The molecular formula is C25H32F3N3O2. The Morgan fingerprint density at radius 3 is 2.52 bits per heavy atom. The second-order valence-corrected chi connectivity index (χ2v) is 9.89. The number of piperidine rings is 1. The molecule has 2 saturated heterocycles. The molecule has 5 nitrogen and oxygen atoms in total. The summed E-state index contributed by atoms with van der Waals surface area (Å²) in [5, 5.41) is 9.10. The van der Waals surface area contributed by atoms with Gasteiger partial charge in [-0.3, -0.25) is 4.79 Å². The molecule has 2 aliphatic heterocycles. The molecule has 0 bridgehead atoms. The van der Waals surface area contributed by atoms with Crippen LogP contribution in [0.1, 0.15) is 56.1 Å². The topological polar surface area (TPSA) is 56.6 Å². The minimum Gasteiger partial charge on any atom is -0.384 e. The molecule has 180 valence electrons. The Bertz CT molecular complexity index is 897. The Morgan fingerprint density at radius 2 is 1.91 bits per heavy atom. The maximum absolute atomic E-state index is 13.5. The molecule has 0 radical (unpaired) electrons. The Morgan fingerprint density at radius 1 is 1.21 bits per heavy atom. The van der Waals surface area contributed by atoms with Crippen LogP contribution < -0.4 is 4.90 Å². The predicted octanol–water partition coefficient (Wildman–Crippen LogP) is 4.85. The molecule has 4 rings (SSSR count). The summed E-state index contributed by atoms with van der Waals surface area (Å²) in [5.41, 5.74) is -0.853. The molecule has 1 saturated carbocycles. The van der Waals surface area contributed by atoms with Crippen molar-refractivity contribution in [3.8, 4) is 6.07 Å². The van der Waals surface area contributed by atoms with Gasteiger partial charge in [-0.15, -0.1) is 0 Å². The second kappa shape index (κ2) is 9.54. The minimum absolute atomic E-state index is 0.0916. The van der Waals surface area contributed by atoms with Crippen molar-refractivity contribution in [2.45, 2.75) is 51.1 Å². The van der Waals surface area contributed by atoms with Gasteiger partial charge in [0.15, 0.2) is 0 Å². The zero-order valence-electron chi connectivity index (χ0n) is 19.2. The molecule has 0 N–H and O–H groups in total. The number of hydrogen-bond donors (Lipinski definition) is 0. The van der Waals surface area contributed by atoms with Crippen molar-refractivity contribution in [3.05, 3.63) is 29.3 Å². The maximum Gasteiger partial charge on any atom is 0.417 e. The summed E-state index contributed by atoms with van der Waals surface area (Å²) >= 11 is 0. The van der Waals surface area contributed by atoms with Gasteiger partial charge in [-0.1, -0.05) is 19.3 Å². The van der Waals surface area contributed by atoms with Crippen molar-refractivity contribution < 1.29 is 22.7 Å². The average molecular weight is 464 g/mol. The van der Waals surface area contributed by atoms with E-state index >= 15 is 0 Å². The molecule has 1 unspecified atom stereocenters. The third-order valence-electron chi connectivity index (χ3n) is 8.00. The van der Waals surface area contributed by atoms with Crippen molar-refractivity contribution >= 4 is 11.6 Å². The first kappa shape index (κ1) is 23.9. The number of likely N-dealkylation sites (tertiary alicyclic amines) is 1. The van der Waals surface area contributed by atoms with E-state index < -0.39 is 11.7 Å². The Balaban J connectivity index is 1.50. The van der Waals surface area contributed by atoms with E-state index in [0.29, 0.717) is 38.5 Å². The molecule has 33 heavy (non-hydrogen) atoms. The van der Waals surface area contributed by atoms with E-state index in [9.17, 15) is 18.0 Å². The van der Waals surface area contributed by atoms with Crippen LogP contribution in [0.15, 0.2) is 18.2 Å². The van der Waals surface area contributed by atoms with Crippen molar-refractivity contribution in [2.24, 2.45) is 17.3 Å². The van der Waals surface area contributed by atoms with Gasteiger partial charge in [0.25, 0.3) is 0 Å². The number of rotatable bonds is 4. The molecule has 0 aromatic heterocycles. The summed E-state index contributed by atoms with van der Waals surface area (Å²) in [7, 11) is 1.65. The number of benzene rings is 1. The van der Waals surface area contributed by atoms with E-state index in [-0.39, 0.29) is 28.7 Å². The summed E-state index contributed by atoms with van der Waals surface area (Å²) in [6.45, 7) is 3.17. The first-order valence-corrected chi connectivity index (χ1v) is 11.9. The third kappa shape index (κ3) is 4.84. The van der Waals surface area contributed by atoms with Crippen LogP contribution in [0.4, 0.5) is 18.9 Å². The number of methoxy groups -OCH3 is 1. The average Bonchev–Trinajstić information content (AvgIpc) is 3.16. The number of halogens is 3. The smallest absolute Gasteiger partial charge is 0.384 e. The summed E-state index contributed by atoms with van der Waals surface area (Å²) in [6, 6.07) is 5.63. The monoisotopic (exact) mass is 463 g/mol. The molecule has 3 aliphatic rings. The summed E-state index contributed by atoms with van der Waals surface area (Å²) < 4.78 is 46.0. The number of carbonyl (C=O) groups excluding carboxylic acids is 1. The van der Waals surface area contributed by atoms with Crippen molar-refractivity contribution in [1.82, 2.24) is 4.90 Å². The minimum atomic E-state index is -4.57. The Labute approximate surface area is 193 Å². The van der Waals surface area contributed by atoms with Gasteiger partial charge in [0.05, 0.1) is 23.8 Å². The number of hydrogen-bond acceptors (Lipinski definition) is 4. The van der Waals surface area contributed by atoms with Gasteiger partial charge in [0.2, 0.25) is 5.91 Å². The zero-order chi connectivity index (χ0) is 23.6. The van der Waals surface area contributed by atoms with Gasteiger partial charge < -0.3 is 14.5 Å². The molecule has 2 heterocycles. The fraction of sp³-hybridized carbons (Fsp3) is 0.680. The number of carbonyl (C=O) groups is 1. The van der Waals surface area contributed by atoms with Gasteiger partial charge in [0, 0.05) is 50.8 Å². The fourth-order valence-corrected chi connectivity index (χ4v) is 6.07. The number of amides is 1. The highest BCUT2D eigenvalue weighted by molar-refractivity contribution is 5.79. The first-order chi connectivity index (χ1) is 15.8. The number of nitriles is 1. The third-order valence-corrected chi connectivity index (χ3v) is 8.00. The van der Waals surface area contributed by atoms with Crippen LogP contribution in [0, 0.1) is 28.6 Å². The highest BCUT2D eigenvalue weighted by atomic mass is 19.4. The molecule has 1 aliphatic carbocycles. The van der Waals surface area contributed by atoms with Gasteiger partial charge >= 0.3 is 6.18 Å². The maximum atomic E-state index is 13.5. The summed E-state index contributed by atoms with van der Waals surface area (Å²) in [5.74, 6) is 0.617. The van der Waals surface area contributed by atoms with Crippen molar-refractivity contribution in [1.29, 1.82) is 5.26 Å². The molecule has 1 aromatic rings. The van der Waals surface area contributed by atoms with E-state index in [0.717, 1.165) is 44.6 Å². The first-order valence-electron chi connectivity index (χ1n) is 11.9. The van der Waals surface area contributed by atoms with Gasteiger partial charge in [-0.2, -0.15) is 18.4 Å². The molecule has 3 fully saturated rings. The van der Waals surface area contributed by atoms with Crippen LogP contribution in [-0.4, -0.2) is 50.7 Å². The molecular weight excluding hydrogens is 431 g/mol. The number of nitrogens with zero attached hydrogens (tertiary/aromatic N) is 3. The van der Waals surface area contributed by atoms with Crippen LogP contribution >= 0.6 is 0 Å². The lowest BCUT2D eigenvalue weighted by molar-refractivity contribution is -0.139. The lowest BCUT2D eigenvalue weighted by atomic mass is 9.71. The zero-order valence-corrected chi connectivity index (χ0v) is 19.2. The molecule has 1 amide bonds. The van der Waals surface area contributed by atoms with Crippen molar-refractivity contribution in [3.63, 3.8) is 0 Å². The fourth-order valence-electron chi connectivity index (χ4n) is 6.07. The van der Waals surface area contributed by atoms with Crippen LogP contribution in [0.25, 0.3) is 0 Å². The molecule has 1 atom stereocenters. The standard InChI is InChI=1S/C25H32F3N3O2/c1-33-16-20-15-31(21-8-7-19(14-29)22(13-21)25(26,27)28)17-24(20)9-11-30(12-10-24)23(32)18-5-3-2-4-6-18/h7-8,13,18,20H,2-6,9-12,15-17H2,1H3. The molecule has 1 aromatic carbocycles. The van der Waals surface area contributed by atoms with Gasteiger partial charge in [0.1, 0.15) is 0 Å². The van der Waals surface area contributed by atoms with E-state index in [4.69, 9.17) is 10.00 Å². The van der Waals surface area contributed by atoms with Gasteiger partial charge in [-0.05, 0) is 49.3 Å². The Hall–Kier alpha value is -2.27. The summed E-state index contributed by atoms with van der Waals surface area (Å²) in [4.78, 5) is 17.0. The lowest BCUT2D eigenvalue weighted by Gasteiger charge is -2.43. The van der Waals surface area contributed by atoms with Crippen LogP contribution in [-0.2, 0) is 15.7 Å². The second-order valence-electron chi connectivity index (χ2n) is 9.89. The van der Waals surface area contributed by atoms with E-state index in [1.807, 2.05) is 9.80 Å². The van der Waals surface area contributed by atoms with Crippen LogP contribution in [0.3, 0.4) is 0 Å². The number of alkyl halides is 3. The predicted molar refractivity (Wildman–Crippen MR) is 119 cm³/mol. The highest BCUT2D eigenvalue weighted by Gasteiger charge is 2.49. The normalized spacial score (nSPS) is 23.7. The lowest BCUT2D eigenvalue weighted by Crippen LogP contribution is -2.49. The van der Waals surface area contributed by atoms with Crippen LogP contribution in [0.2, 0.25) is 0 Å². The highest BCUT2D eigenvalue weighted by Crippen LogP contribution is 2.47. The largest absolute Gasteiger partial charge is 0.417 e. The van der Waals surface area contributed by atoms with E-state index in [1.165, 1.54) is 12.5 Å². The number of anilines is 1. The van der Waals surface area contributed by atoms with E-state index in [1.54, 1.807) is 19.2 Å². The molecule has 8 heteroatoms. The Kier molecular flexibility index (Phi) is 6.90. The van der Waals surface area contributed by atoms with Gasteiger partial charge in [-0.25, -0.2) is 0 Å². The quantitative estimate of drug-likeness (QED) is 0.641.